The van der Waals surface area contributed by atoms with Gasteiger partial charge in [0.25, 0.3) is 0 Å². The third-order valence-corrected chi connectivity index (χ3v) is 3.36. The van der Waals surface area contributed by atoms with Gasteiger partial charge in [-0.1, -0.05) is 11.6 Å². The molecular weight excluding hydrogens is 388 g/mol. The van der Waals surface area contributed by atoms with E-state index in [2.05, 4.69) is 4.98 Å². The quantitative estimate of drug-likeness (QED) is 0.778. The minimum absolute atomic E-state index is 0.0956. The van der Waals surface area contributed by atoms with Crippen molar-refractivity contribution in [1.29, 1.82) is 0 Å². The number of carbonyl (C=O) groups is 2. The molecule has 1 aromatic carbocycles. The summed E-state index contributed by atoms with van der Waals surface area (Å²) >= 11 is 7.82. The number of carboxylic acid groups (broad SMARTS) is 2. The molecule has 19 heavy (non-hydrogen) atoms. The van der Waals surface area contributed by atoms with Crippen molar-refractivity contribution in [3.05, 3.63) is 38.2 Å². The smallest absolute Gasteiger partial charge is 0.374 e. The summed E-state index contributed by atoms with van der Waals surface area (Å²) in [7, 11) is 0. The SMILES string of the molecule is O=C(O)c1nc(-c2cc(Cl)ccc2I)oc1C(=O)O. The Hall–Kier alpha value is -1.61. The van der Waals surface area contributed by atoms with Crippen LogP contribution in [-0.4, -0.2) is 27.1 Å². The maximum atomic E-state index is 10.9. The lowest BCUT2D eigenvalue weighted by Gasteiger charge is -1.99. The highest BCUT2D eigenvalue weighted by molar-refractivity contribution is 14.1. The molecule has 0 fully saturated rings. The molecule has 8 heteroatoms. The molecule has 0 aliphatic heterocycles. The molecule has 0 amide bonds. The number of nitrogens with zero attached hydrogens (tertiary/aromatic N) is 1. The molecule has 0 radical (unpaired) electrons. The summed E-state index contributed by atoms with van der Waals surface area (Å²) in [4.78, 5) is 25.5. The second-order valence-corrected chi connectivity index (χ2v) is 5.03. The van der Waals surface area contributed by atoms with E-state index in [9.17, 15) is 9.59 Å². The fourth-order valence-electron chi connectivity index (χ4n) is 1.39. The molecule has 0 unspecified atom stereocenters. The minimum atomic E-state index is -1.49. The van der Waals surface area contributed by atoms with Gasteiger partial charge in [-0.25, -0.2) is 14.6 Å². The van der Waals surface area contributed by atoms with Gasteiger partial charge >= 0.3 is 11.9 Å². The number of hydrogen-bond donors (Lipinski definition) is 2. The summed E-state index contributed by atoms with van der Waals surface area (Å²) in [6.45, 7) is 0. The van der Waals surface area contributed by atoms with Gasteiger partial charge in [-0.3, -0.25) is 0 Å². The molecule has 98 valence electrons. The first-order valence-corrected chi connectivity index (χ1v) is 6.28. The number of oxazole rings is 1. The molecule has 0 bridgehead atoms. The highest BCUT2D eigenvalue weighted by Crippen LogP contribution is 2.29. The molecule has 0 atom stereocenters. The zero-order valence-corrected chi connectivity index (χ0v) is 12.0. The van der Waals surface area contributed by atoms with E-state index < -0.39 is 23.4 Å². The van der Waals surface area contributed by atoms with Crippen molar-refractivity contribution in [2.45, 2.75) is 0 Å². The van der Waals surface area contributed by atoms with Gasteiger partial charge in [0.05, 0.1) is 5.56 Å². The fraction of sp³-hybridized carbons (Fsp3) is 0. The lowest BCUT2D eigenvalue weighted by atomic mass is 10.2. The van der Waals surface area contributed by atoms with E-state index in [1.54, 1.807) is 12.1 Å². The Labute approximate surface area is 125 Å². The van der Waals surface area contributed by atoms with Crippen LogP contribution in [0.4, 0.5) is 0 Å². The summed E-state index contributed by atoms with van der Waals surface area (Å²) in [6.07, 6.45) is 0. The van der Waals surface area contributed by atoms with Crippen LogP contribution in [0.5, 0.6) is 0 Å². The predicted molar refractivity (Wildman–Crippen MR) is 73.6 cm³/mol. The van der Waals surface area contributed by atoms with E-state index in [4.69, 9.17) is 26.2 Å². The first-order chi connectivity index (χ1) is 8.90. The van der Waals surface area contributed by atoms with Gasteiger partial charge < -0.3 is 14.6 Å². The number of carboxylic acids is 2. The van der Waals surface area contributed by atoms with Crippen molar-refractivity contribution in [2.75, 3.05) is 0 Å². The van der Waals surface area contributed by atoms with Crippen LogP contribution in [0, 0.1) is 3.57 Å². The highest BCUT2D eigenvalue weighted by atomic mass is 127. The van der Waals surface area contributed by atoms with Crippen LogP contribution in [-0.2, 0) is 0 Å². The van der Waals surface area contributed by atoms with Crippen LogP contribution in [0.15, 0.2) is 22.6 Å². The average molecular weight is 394 g/mol. The third-order valence-electron chi connectivity index (χ3n) is 2.18. The minimum Gasteiger partial charge on any atom is -0.476 e. The molecule has 0 saturated heterocycles. The maximum absolute atomic E-state index is 10.9. The standard InChI is InChI=1S/C11H5ClINO5/c12-4-1-2-6(13)5(3-4)9-14-7(10(15)16)8(19-9)11(17)18/h1-3H,(H,15,16)(H,17,18). The van der Waals surface area contributed by atoms with Gasteiger partial charge in [0.15, 0.2) is 0 Å². The largest absolute Gasteiger partial charge is 0.476 e. The van der Waals surface area contributed by atoms with Gasteiger partial charge in [-0.05, 0) is 40.8 Å². The second-order valence-electron chi connectivity index (χ2n) is 3.43. The lowest BCUT2D eigenvalue weighted by Crippen LogP contribution is -2.05. The Morgan fingerprint density at radius 1 is 1.26 bits per heavy atom. The summed E-state index contributed by atoms with van der Waals surface area (Å²) < 4.78 is 5.71. The van der Waals surface area contributed by atoms with Crippen molar-refractivity contribution >= 4 is 46.1 Å². The van der Waals surface area contributed by atoms with E-state index in [1.807, 2.05) is 22.6 Å². The Kier molecular flexibility index (Phi) is 3.76. The summed E-state index contributed by atoms with van der Waals surface area (Å²) in [5.74, 6) is -3.77. The molecular formula is C11H5ClINO5. The Morgan fingerprint density at radius 2 is 1.95 bits per heavy atom. The van der Waals surface area contributed by atoms with E-state index in [0.29, 0.717) is 14.2 Å². The van der Waals surface area contributed by atoms with Crippen molar-refractivity contribution < 1.29 is 24.2 Å². The maximum Gasteiger partial charge on any atom is 0.374 e. The van der Waals surface area contributed by atoms with Gasteiger partial charge in [0.1, 0.15) is 0 Å². The molecule has 1 aromatic heterocycles. The van der Waals surface area contributed by atoms with Crippen molar-refractivity contribution in [3.8, 4) is 11.5 Å². The molecule has 2 aromatic rings. The lowest BCUT2D eigenvalue weighted by molar-refractivity contribution is 0.0624. The van der Waals surface area contributed by atoms with Crippen LogP contribution >= 0.6 is 34.2 Å². The Morgan fingerprint density at radius 3 is 2.47 bits per heavy atom. The Bertz CT molecular complexity index is 650. The van der Waals surface area contributed by atoms with E-state index in [0.717, 1.165) is 0 Å². The molecule has 0 saturated carbocycles. The number of aromatic nitrogens is 1. The van der Waals surface area contributed by atoms with Crippen LogP contribution in [0.25, 0.3) is 11.5 Å². The molecule has 1 heterocycles. The summed E-state index contributed by atoms with van der Waals surface area (Å²) in [5, 5.41) is 18.2. The van der Waals surface area contributed by atoms with Crippen LogP contribution in [0.1, 0.15) is 21.0 Å². The summed E-state index contributed by atoms with van der Waals surface area (Å²) in [6, 6.07) is 4.85. The zero-order chi connectivity index (χ0) is 14.2. The molecule has 2 N–H and O–H groups in total. The van der Waals surface area contributed by atoms with Crippen molar-refractivity contribution in [1.82, 2.24) is 4.98 Å². The number of benzene rings is 1. The number of halogens is 2. The monoisotopic (exact) mass is 393 g/mol. The molecule has 0 aliphatic carbocycles. The Balaban J connectivity index is 2.64. The van der Waals surface area contributed by atoms with Gasteiger partial charge in [0.2, 0.25) is 17.3 Å². The highest BCUT2D eigenvalue weighted by Gasteiger charge is 2.26. The molecule has 0 spiro atoms. The van der Waals surface area contributed by atoms with Gasteiger partial charge in [0, 0.05) is 8.59 Å². The van der Waals surface area contributed by atoms with E-state index in [1.165, 1.54) is 6.07 Å². The first-order valence-electron chi connectivity index (χ1n) is 4.83. The normalized spacial score (nSPS) is 10.4. The van der Waals surface area contributed by atoms with Gasteiger partial charge in [-0.2, -0.15) is 0 Å². The fourth-order valence-corrected chi connectivity index (χ4v) is 2.12. The molecule has 6 nitrogen and oxygen atoms in total. The molecule has 2 rings (SSSR count). The van der Waals surface area contributed by atoms with Crippen LogP contribution < -0.4 is 0 Å². The predicted octanol–water partition coefficient (Wildman–Crippen LogP) is 3.00. The second kappa shape index (κ2) is 5.17. The molecule has 0 aliphatic rings. The van der Waals surface area contributed by atoms with Gasteiger partial charge in [-0.15, -0.1) is 0 Å². The summed E-state index contributed by atoms with van der Waals surface area (Å²) in [5.41, 5.74) is -0.207. The van der Waals surface area contributed by atoms with Crippen LogP contribution in [0.3, 0.4) is 0 Å². The van der Waals surface area contributed by atoms with Crippen molar-refractivity contribution in [3.63, 3.8) is 0 Å². The number of aromatic carboxylic acids is 2. The van der Waals surface area contributed by atoms with Crippen molar-refractivity contribution in [2.24, 2.45) is 0 Å². The zero-order valence-electron chi connectivity index (χ0n) is 9.05. The van der Waals surface area contributed by atoms with Crippen LogP contribution in [0.2, 0.25) is 5.02 Å². The third kappa shape index (κ3) is 2.71. The first kappa shape index (κ1) is 13.8. The van der Waals surface area contributed by atoms with E-state index in [-0.39, 0.29) is 5.89 Å². The number of rotatable bonds is 3. The topological polar surface area (TPSA) is 101 Å². The average Bonchev–Trinajstić information content (AvgIpc) is 2.77. The van der Waals surface area contributed by atoms with E-state index >= 15 is 0 Å². The number of hydrogen-bond acceptors (Lipinski definition) is 4.